The van der Waals surface area contributed by atoms with Crippen LogP contribution in [0.1, 0.15) is 54.5 Å². The van der Waals surface area contributed by atoms with Crippen LogP contribution in [-0.2, 0) is 12.8 Å². The van der Waals surface area contributed by atoms with E-state index in [1.165, 1.54) is 10.4 Å². The Bertz CT molecular complexity index is 1190. The molecule has 2 heterocycles. The van der Waals surface area contributed by atoms with Crippen molar-refractivity contribution < 1.29 is 4.42 Å². The highest BCUT2D eigenvalue weighted by atomic mass is 32.1. The summed E-state index contributed by atoms with van der Waals surface area (Å²) in [4.78, 5) is 5.90. The van der Waals surface area contributed by atoms with Crippen molar-refractivity contribution in [2.75, 3.05) is 0 Å². The van der Waals surface area contributed by atoms with Gasteiger partial charge in [-0.05, 0) is 60.4 Å². The quantitative estimate of drug-likeness (QED) is 0.451. The molecular formula is C25H23N3OS. The second kappa shape index (κ2) is 7.94. The largest absolute Gasteiger partial charge is 0.455 e. The average molecular weight is 414 g/mol. The predicted molar refractivity (Wildman–Crippen MR) is 120 cm³/mol. The number of nitriles is 2. The van der Waals surface area contributed by atoms with Gasteiger partial charge in [-0.3, -0.25) is 0 Å². The van der Waals surface area contributed by atoms with Gasteiger partial charge in [-0.1, -0.05) is 32.9 Å². The molecule has 0 bridgehead atoms. The van der Waals surface area contributed by atoms with Crippen LogP contribution in [0.3, 0.4) is 0 Å². The van der Waals surface area contributed by atoms with Crippen molar-refractivity contribution in [1.29, 1.82) is 10.5 Å². The molecule has 1 aromatic carbocycles. The Balaban J connectivity index is 1.60. The van der Waals surface area contributed by atoms with E-state index in [1.807, 2.05) is 30.3 Å². The van der Waals surface area contributed by atoms with Gasteiger partial charge in [-0.15, -0.1) is 11.3 Å². The molecule has 0 spiro atoms. The topological polar surface area (TPSA) is 73.1 Å². The lowest BCUT2D eigenvalue weighted by Crippen LogP contribution is -2.26. The minimum absolute atomic E-state index is 0.266. The molecule has 0 aliphatic heterocycles. The first-order valence-electron chi connectivity index (χ1n) is 10.1. The Morgan fingerprint density at radius 3 is 2.67 bits per heavy atom. The lowest BCUT2D eigenvalue weighted by Gasteiger charge is -2.33. The van der Waals surface area contributed by atoms with E-state index < -0.39 is 0 Å². The highest BCUT2D eigenvalue weighted by molar-refractivity contribution is 7.16. The van der Waals surface area contributed by atoms with Crippen molar-refractivity contribution in [3.63, 3.8) is 0 Å². The number of hydrogen-bond acceptors (Lipinski definition) is 5. The number of hydrogen-bond donors (Lipinski definition) is 0. The normalized spacial score (nSPS) is 16.2. The van der Waals surface area contributed by atoms with Gasteiger partial charge in [0.25, 0.3) is 0 Å². The molecule has 4 rings (SSSR count). The molecule has 0 saturated heterocycles. The Kier molecular flexibility index (Phi) is 5.33. The van der Waals surface area contributed by atoms with Gasteiger partial charge in [0, 0.05) is 10.4 Å². The third kappa shape index (κ3) is 3.82. The van der Waals surface area contributed by atoms with Crippen molar-refractivity contribution in [2.24, 2.45) is 16.3 Å². The summed E-state index contributed by atoms with van der Waals surface area (Å²) in [7, 11) is 0. The van der Waals surface area contributed by atoms with Crippen LogP contribution in [0.25, 0.3) is 11.3 Å². The van der Waals surface area contributed by atoms with Gasteiger partial charge in [0.15, 0.2) is 0 Å². The first-order chi connectivity index (χ1) is 14.4. The summed E-state index contributed by atoms with van der Waals surface area (Å²) in [6, 6.07) is 15.6. The molecule has 1 atom stereocenters. The van der Waals surface area contributed by atoms with Gasteiger partial charge < -0.3 is 4.42 Å². The van der Waals surface area contributed by atoms with Crippen molar-refractivity contribution in [1.82, 2.24) is 0 Å². The molecule has 4 nitrogen and oxygen atoms in total. The summed E-state index contributed by atoms with van der Waals surface area (Å²) in [6.45, 7) is 6.87. The van der Waals surface area contributed by atoms with E-state index in [1.54, 1.807) is 23.6 Å². The maximum absolute atomic E-state index is 9.73. The minimum Gasteiger partial charge on any atom is -0.455 e. The number of rotatable bonds is 3. The van der Waals surface area contributed by atoms with Crippen LogP contribution in [0.2, 0.25) is 0 Å². The minimum atomic E-state index is 0.266. The van der Waals surface area contributed by atoms with Gasteiger partial charge in [-0.25, -0.2) is 4.99 Å². The number of nitrogens with zero attached hydrogens (tertiary/aromatic N) is 3. The van der Waals surface area contributed by atoms with E-state index in [0.717, 1.165) is 29.8 Å². The molecule has 1 aliphatic rings. The molecule has 0 radical (unpaired) electrons. The van der Waals surface area contributed by atoms with Gasteiger partial charge in [0.05, 0.1) is 23.4 Å². The third-order valence-corrected chi connectivity index (χ3v) is 6.99. The fourth-order valence-electron chi connectivity index (χ4n) is 4.00. The summed E-state index contributed by atoms with van der Waals surface area (Å²) >= 11 is 1.63. The number of thiophene rings is 1. The predicted octanol–water partition coefficient (Wildman–Crippen LogP) is 6.65. The molecule has 1 aliphatic carbocycles. The Labute approximate surface area is 181 Å². The van der Waals surface area contributed by atoms with Crippen molar-refractivity contribution in [3.05, 3.63) is 63.7 Å². The van der Waals surface area contributed by atoms with Crippen LogP contribution < -0.4 is 0 Å². The van der Waals surface area contributed by atoms with Crippen molar-refractivity contribution >= 4 is 22.6 Å². The number of furan rings is 1. The maximum atomic E-state index is 9.73. The van der Waals surface area contributed by atoms with E-state index in [4.69, 9.17) is 4.42 Å². The first-order valence-corrected chi connectivity index (χ1v) is 10.9. The fraction of sp³-hybridized carbons (Fsp3) is 0.320. The second-order valence-corrected chi connectivity index (χ2v) is 9.80. The molecule has 0 N–H and O–H groups in total. The standard InChI is InChI=1S/C25H23N3OS/c1-25(2,3)17-8-10-20-21(14-27)24(30-23(20)12-17)28-15-18-9-11-22(29-18)19-7-5-4-6-16(19)13-26/h4-7,9,11,15,17H,8,10,12H2,1-3H3/t17-/m0/s1. The smallest absolute Gasteiger partial charge is 0.145 e. The zero-order chi connectivity index (χ0) is 21.3. The molecule has 0 unspecified atom stereocenters. The molecule has 2 aromatic heterocycles. The summed E-state index contributed by atoms with van der Waals surface area (Å²) in [5, 5.41) is 19.8. The second-order valence-electron chi connectivity index (χ2n) is 8.72. The van der Waals surface area contributed by atoms with Crippen molar-refractivity contribution in [2.45, 2.75) is 40.0 Å². The Hall–Kier alpha value is -3.15. The fourth-order valence-corrected chi connectivity index (χ4v) is 5.22. The number of aliphatic imine (C=N–C) groups is 1. The highest BCUT2D eigenvalue weighted by Gasteiger charge is 2.32. The molecule has 150 valence electrons. The van der Waals surface area contributed by atoms with Crippen LogP contribution in [0.4, 0.5) is 5.00 Å². The Morgan fingerprint density at radius 1 is 1.13 bits per heavy atom. The van der Waals surface area contributed by atoms with E-state index in [2.05, 4.69) is 37.9 Å². The van der Waals surface area contributed by atoms with Crippen molar-refractivity contribution in [3.8, 4) is 23.5 Å². The van der Waals surface area contributed by atoms with Crippen LogP contribution >= 0.6 is 11.3 Å². The third-order valence-electron chi connectivity index (χ3n) is 5.83. The first kappa shape index (κ1) is 20.1. The molecule has 5 heteroatoms. The van der Waals surface area contributed by atoms with E-state index in [9.17, 15) is 10.5 Å². The van der Waals surface area contributed by atoms with Crippen LogP contribution in [0, 0.1) is 34.0 Å². The molecule has 0 fully saturated rings. The van der Waals surface area contributed by atoms with Gasteiger partial charge in [-0.2, -0.15) is 10.5 Å². The lowest BCUT2D eigenvalue weighted by molar-refractivity contribution is 0.218. The van der Waals surface area contributed by atoms with E-state index in [-0.39, 0.29) is 5.41 Å². The van der Waals surface area contributed by atoms with E-state index >= 15 is 0 Å². The number of fused-ring (bicyclic) bond motifs is 1. The lowest BCUT2D eigenvalue weighted by atomic mass is 9.72. The summed E-state index contributed by atoms with van der Waals surface area (Å²) < 4.78 is 5.89. The summed E-state index contributed by atoms with van der Waals surface area (Å²) in [5.41, 5.74) is 3.49. The molecule has 0 amide bonds. The Morgan fingerprint density at radius 2 is 1.93 bits per heavy atom. The zero-order valence-corrected chi connectivity index (χ0v) is 18.2. The van der Waals surface area contributed by atoms with Crippen LogP contribution in [-0.4, -0.2) is 6.21 Å². The van der Waals surface area contributed by atoms with E-state index in [0.29, 0.717) is 28.6 Å². The van der Waals surface area contributed by atoms with Crippen LogP contribution in [0.5, 0.6) is 0 Å². The van der Waals surface area contributed by atoms with Gasteiger partial charge >= 0.3 is 0 Å². The molecule has 30 heavy (non-hydrogen) atoms. The van der Waals surface area contributed by atoms with Gasteiger partial charge in [0.1, 0.15) is 22.6 Å². The highest BCUT2D eigenvalue weighted by Crippen LogP contribution is 2.44. The van der Waals surface area contributed by atoms with Gasteiger partial charge in [0.2, 0.25) is 0 Å². The molecule has 3 aromatic rings. The maximum Gasteiger partial charge on any atom is 0.145 e. The molecular weight excluding hydrogens is 390 g/mol. The monoisotopic (exact) mass is 413 g/mol. The van der Waals surface area contributed by atoms with Crippen LogP contribution in [0.15, 0.2) is 45.8 Å². The summed E-state index contributed by atoms with van der Waals surface area (Å²) in [5.74, 6) is 1.85. The molecule has 0 saturated carbocycles. The SMILES string of the molecule is CC(C)(C)[C@H]1CCc2c(sc(N=Cc3ccc(-c4ccccc4C#N)o3)c2C#N)C1. The average Bonchev–Trinajstić information content (AvgIpc) is 3.35. The summed E-state index contributed by atoms with van der Waals surface area (Å²) in [6.07, 6.45) is 4.74. The zero-order valence-electron chi connectivity index (χ0n) is 17.4. The number of benzene rings is 1.